The van der Waals surface area contributed by atoms with Crippen LogP contribution in [0.1, 0.15) is 37.3 Å². The molecule has 146 valence electrons. The minimum atomic E-state index is 0.714. The first-order valence-corrected chi connectivity index (χ1v) is 9.88. The van der Waals surface area contributed by atoms with E-state index < -0.39 is 0 Å². The van der Waals surface area contributed by atoms with Gasteiger partial charge in [0.2, 0.25) is 0 Å². The molecule has 0 radical (unpaired) electrons. The highest BCUT2D eigenvalue weighted by Crippen LogP contribution is 2.18. The molecule has 5 nitrogen and oxygen atoms in total. The van der Waals surface area contributed by atoms with Crippen LogP contribution >= 0.6 is 0 Å². The summed E-state index contributed by atoms with van der Waals surface area (Å²) in [5.74, 6) is 1.79. The Hall–Kier alpha value is -1.59. The van der Waals surface area contributed by atoms with Gasteiger partial charge in [-0.1, -0.05) is 24.3 Å². The first kappa shape index (κ1) is 20.7. The van der Waals surface area contributed by atoms with Crippen molar-refractivity contribution in [3.8, 4) is 0 Å². The number of nitrogens with zero attached hydrogens (tertiary/aromatic N) is 3. The lowest BCUT2D eigenvalue weighted by atomic mass is 9.96. The average molecular weight is 361 g/mol. The van der Waals surface area contributed by atoms with Crippen molar-refractivity contribution in [3.63, 3.8) is 0 Å². The largest absolute Gasteiger partial charge is 0.381 e. The van der Waals surface area contributed by atoms with Gasteiger partial charge in [-0.2, -0.15) is 0 Å². The SMILES string of the molecule is CCNC(=NCc1cccc(CN(C)C)c1)N(C)CCC1CCOCC1. The van der Waals surface area contributed by atoms with Gasteiger partial charge in [0.15, 0.2) is 5.96 Å². The Morgan fingerprint density at radius 1 is 1.19 bits per heavy atom. The first-order valence-electron chi connectivity index (χ1n) is 9.88. The van der Waals surface area contributed by atoms with Gasteiger partial charge in [0, 0.05) is 39.9 Å². The summed E-state index contributed by atoms with van der Waals surface area (Å²) in [7, 11) is 6.34. The summed E-state index contributed by atoms with van der Waals surface area (Å²) in [6.45, 7) is 7.57. The molecule has 1 aliphatic rings. The van der Waals surface area contributed by atoms with Crippen LogP contribution in [0.25, 0.3) is 0 Å². The van der Waals surface area contributed by atoms with E-state index in [0.29, 0.717) is 6.54 Å². The number of hydrogen-bond donors (Lipinski definition) is 1. The lowest BCUT2D eigenvalue weighted by Gasteiger charge is -2.26. The van der Waals surface area contributed by atoms with Gasteiger partial charge in [-0.25, -0.2) is 4.99 Å². The molecule has 5 heteroatoms. The predicted molar refractivity (Wildman–Crippen MR) is 109 cm³/mol. The predicted octanol–water partition coefficient (Wildman–Crippen LogP) is 2.96. The third-order valence-corrected chi connectivity index (χ3v) is 4.81. The van der Waals surface area contributed by atoms with Gasteiger partial charge >= 0.3 is 0 Å². The summed E-state index contributed by atoms with van der Waals surface area (Å²) >= 11 is 0. The fourth-order valence-corrected chi connectivity index (χ4v) is 3.34. The molecular formula is C21H36N4O. The van der Waals surface area contributed by atoms with E-state index in [4.69, 9.17) is 9.73 Å². The molecule has 0 aliphatic carbocycles. The molecule has 1 fully saturated rings. The monoisotopic (exact) mass is 360 g/mol. The van der Waals surface area contributed by atoms with Gasteiger partial charge in [-0.3, -0.25) is 0 Å². The van der Waals surface area contributed by atoms with Crippen molar-refractivity contribution in [1.29, 1.82) is 0 Å². The second-order valence-corrected chi connectivity index (χ2v) is 7.49. The Bertz CT molecular complexity index is 553. The quantitative estimate of drug-likeness (QED) is 0.572. The highest BCUT2D eigenvalue weighted by atomic mass is 16.5. The van der Waals surface area contributed by atoms with Crippen molar-refractivity contribution >= 4 is 5.96 Å². The molecule has 26 heavy (non-hydrogen) atoms. The summed E-state index contributed by atoms with van der Waals surface area (Å²) in [5, 5.41) is 3.43. The Morgan fingerprint density at radius 2 is 1.92 bits per heavy atom. The molecule has 1 aromatic rings. The van der Waals surface area contributed by atoms with E-state index in [9.17, 15) is 0 Å². The van der Waals surface area contributed by atoms with Gasteiger partial charge < -0.3 is 19.9 Å². The summed E-state index contributed by atoms with van der Waals surface area (Å²) in [6, 6.07) is 8.73. The Morgan fingerprint density at radius 3 is 2.62 bits per heavy atom. The number of benzene rings is 1. The van der Waals surface area contributed by atoms with Crippen LogP contribution < -0.4 is 5.32 Å². The fraction of sp³-hybridized carbons (Fsp3) is 0.667. The van der Waals surface area contributed by atoms with Gasteiger partial charge in [0.1, 0.15) is 0 Å². The third-order valence-electron chi connectivity index (χ3n) is 4.81. The van der Waals surface area contributed by atoms with Gasteiger partial charge in [0.05, 0.1) is 6.54 Å². The van der Waals surface area contributed by atoms with Crippen LogP contribution in [0.4, 0.5) is 0 Å². The molecule has 1 aromatic carbocycles. The number of aliphatic imine (C=N–C) groups is 1. The maximum atomic E-state index is 5.46. The molecule has 0 saturated carbocycles. The molecule has 0 spiro atoms. The Kier molecular flexibility index (Phi) is 8.92. The summed E-state index contributed by atoms with van der Waals surface area (Å²) in [5.41, 5.74) is 2.60. The van der Waals surface area contributed by atoms with E-state index in [-0.39, 0.29) is 0 Å². The highest BCUT2D eigenvalue weighted by molar-refractivity contribution is 5.79. The number of ether oxygens (including phenoxy) is 1. The topological polar surface area (TPSA) is 40.1 Å². The third kappa shape index (κ3) is 7.34. The summed E-state index contributed by atoms with van der Waals surface area (Å²) in [4.78, 5) is 9.32. The zero-order chi connectivity index (χ0) is 18.8. The standard InChI is InChI=1S/C21H36N4O/c1-5-22-21(25(4)12-9-18-10-13-26-14-11-18)23-16-19-7-6-8-20(15-19)17-24(2)3/h6-8,15,18H,5,9-14,16-17H2,1-4H3,(H,22,23). The zero-order valence-electron chi connectivity index (χ0n) is 17.0. The van der Waals surface area contributed by atoms with Crippen LogP contribution in [-0.4, -0.2) is 63.2 Å². The second-order valence-electron chi connectivity index (χ2n) is 7.49. The minimum Gasteiger partial charge on any atom is -0.381 e. The maximum Gasteiger partial charge on any atom is 0.193 e. The molecule has 1 heterocycles. The van der Waals surface area contributed by atoms with E-state index >= 15 is 0 Å². The van der Waals surface area contributed by atoms with E-state index in [1.807, 2.05) is 0 Å². The van der Waals surface area contributed by atoms with Crippen LogP contribution in [0.2, 0.25) is 0 Å². The zero-order valence-corrected chi connectivity index (χ0v) is 17.0. The van der Waals surface area contributed by atoms with E-state index in [1.165, 1.54) is 30.4 Å². The van der Waals surface area contributed by atoms with Crippen molar-refractivity contribution in [3.05, 3.63) is 35.4 Å². The molecule has 0 bridgehead atoms. The smallest absolute Gasteiger partial charge is 0.193 e. The molecule has 0 atom stereocenters. The van der Waals surface area contributed by atoms with Crippen molar-refractivity contribution in [2.45, 2.75) is 39.3 Å². The molecule has 2 rings (SSSR count). The average Bonchev–Trinajstić information content (AvgIpc) is 2.64. The van der Waals surface area contributed by atoms with Crippen LogP contribution in [0, 0.1) is 5.92 Å². The summed E-state index contributed by atoms with van der Waals surface area (Å²) in [6.07, 6.45) is 3.60. The number of nitrogens with one attached hydrogen (secondary N) is 1. The van der Waals surface area contributed by atoms with Gasteiger partial charge in [-0.05, 0) is 57.3 Å². The van der Waals surface area contributed by atoms with Crippen molar-refractivity contribution < 1.29 is 4.74 Å². The van der Waals surface area contributed by atoms with Crippen molar-refractivity contribution in [1.82, 2.24) is 15.1 Å². The van der Waals surface area contributed by atoms with Crippen LogP contribution in [0.15, 0.2) is 29.3 Å². The Labute approximate surface area is 159 Å². The Balaban J connectivity index is 1.92. The number of guanidine groups is 1. The molecule has 0 unspecified atom stereocenters. The lowest BCUT2D eigenvalue weighted by Crippen LogP contribution is -2.40. The molecule has 0 amide bonds. The molecule has 1 saturated heterocycles. The second kappa shape index (κ2) is 11.2. The highest BCUT2D eigenvalue weighted by Gasteiger charge is 2.15. The van der Waals surface area contributed by atoms with Crippen LogP contribution in [-0.2, 0) is 17.8 Å². The van der Waals surface area contributed by atoms with E-state index in [1.54, 1.807) is 0 Å². The minimum absolute atomic E-state index is 0.714. The fourth-order valence-electron chi connectivity index (χ4n) is 3.34. The maximum absolute atomic E-state index is 5.46. The number of rotatable bonds is 8. The first-order chi connectivity index (χ1) is 12.6. The molecule has 1 aliphatic heterocycles. The van der Waals surface area contributed by atoms with Gasteiger partial charge in [0.25, 0.3) is 0 Å². The van der Waals surface area contributed by atoms with Crippen LogP contribution in [0.5, 0.6) is 0 Å². The van der Waals surface area contributed by atoms with E-state index in [2.05, 4.69) is 67.4 Å². The van der Waals surface area contributed by atoms with Crippen molar-refractivity contribution in [2.24, 2.45) is 10.9 Å². The molecule has 1 N–H and O–H groups in total. The normalized spacial score (nSPS) is 16.1. The van der Waals surface area contributed by atoms with Crippen molar-refractivity contribution in [2.75, 3.05) is 47.4 Å². The molecular weight excluding hydrogens is 324 g/mol. The van der Waals surface area contributed by atoms with Crippen LogP contribution in [0.3, 0.4) is 0 Å². The van der Waals surface area contributed by atoms with E-state index in [0.717, 1.165) is 44.7 Å². The van der Waals surface area contributed by atoms with Gasteiger partial charge in [-0.15, -0.1) is 0 Å². The summed E-state index contributed by atoms with van der Waals surface area (Å²) < 4.78 is 5.46. The lowest BCUT2D eigenvalue weighted by molar-refractivity contribution is 0.0625. The molecule has 0 aromatic heterocycles. The number of hydrogen-bond acceptors (Lipinski definition) is 3.